The van der Waals surface area contributed by atoms with E-state index >= 15 is 0 Å². The Balaban J connectivity index is 2.90. The molecule has 0 saturated heterocycles. The molecule has 0 atom stereocenters. The third-order valence-corrected chi connectivity index (χ3v) is 2.68. The highest BCUT2D eigenvalue weighted by Gasteiger charge is 2.01. The number of aromatic amines is 1. The number of hydrogen-bond acceptors (Lipinski definition) is 1. The van der Waals surface area contributed by atoms with E-state index in [1.807, 2.05) is 12.1 Å². The Hall–Kier alpha value is -0.100. The Morgan fingerprint density at radius 2 is 2.36 bits per heavy atom. The fourth-order valence-corrected chi connectivity index (χ4v) is 1.95. The van der Waals surface area contributed by atoms with Crippen molar-refractivity contribution < 1.29 is 0 Å². The molecule has 0 aliphatic carbocycles. The second-order valence-electron chi connectivity index (χ2n) is 2.17. The van der Waals surface area contributed by atoms with Crippen LogP contribution in [0.4, 0.5) is 0 Å². The molecule has 1 N–H and O–H groups in total. The van der Waals surface area contributed by atoms with Crippen molar-refractivity contribution in [3.8, 4) is 0 Å². The largest absolute Gasteiger partial charge is 0.348 e. The van der Waals surface area contributed by atoms with Crippen molar-refractivity contribution in [1.29, 1.82) is 0 Å². The number of fused-ring (bicyclic) bond motifs is 1. The molecule has 0 radical (unpaired) electrons. The maximum absolute atomic E-state index is 4.20. The van der Waals surface area contributed by atoms with Crippen molar-refractivity contribution in [2.45, 2.75) is 0 Å². The predicted molar refractivity (Wildman–Crippen MR) is 56.5 cm³/mol. The van der Waals surface area contributed by atoms with Crippen molar-refractivity contribution in [3.63, 3.8) is 0 Å². The number of nitrogens with zero attached hydrogens (tertiary/aromatic N) is 1. The Labute approximate surface area is 85.7 Å². The molecule has 0 fully saturated rings. The second kappa shape index (κ2) is 2.75. The van der Waals surface area contributed by atoms with Crippen LogP contribution in [-0.2, 0) is 0 Å². The molecule has 2 aromatic rings. The Morgan fingerprint density at radius 3 is 3.09 bits per heavy atom. The van der Waals surface area contributed by atoms with E-state index in [1.165, 1.54) is 0 Å². The number of rotatable bonds is 0. The first-order valence-electron chi connectivity index (χ1n) is 3.06. The summed E-state index contributed by atoms with van der Waals surface area (Å²) in [6.45, 7) is 0. The first kappa shape index (κ1) is 7.54. The van der Waals surface area contributed by atoms with Gasteiger partial charge in [-0.05, 0) is 50.7 Å². The van der Waals surface area contributed by atoms with E-state index in [9.17, 15) is 0 Å². The number of hydrogen-bond donors (Lipinski definition) is 1. The van der Waals surface area contributed by atoms with E-state index in [-0.39, 0.29) is 0 Å². The molecule has 4 heteroatoms. The van der Waals surface area contributed by atoms with Gasteiger partial charge in [0.05, 0.1) is 14.7 Å². The van der Waals surface area contributed by atoms with Gasteiger partial charge in [0.15, 0.2) is 0 Å². The number of H-pyrrole nitrogens is 1. The molecule has 56 valence electrons. The quantitative estimate of drug-likeness (QED) is 0.742. The lowest BCUT2D eigenvalue weighted by Crippen LogP contribution is -1.73. The average molecular weight is 323 g/mol. The lowest BCUT2D eigenvalue weighted by molar-refractivity contribution is 1.37. The first-order chi connectivity index (χ1) is 5.27. The van der Waals surface area contributed by atoms with Gasteiger partial charge in [0.2, 0.25) is 0 Å². The van der Waals surface area contributed by atoms with E-state index in [2.05, 4.69) is 48.5 Å². The molecule has 0 bridgehead atoms. The van der Waals surface area contributed by atoms with Gasteiger partial charge in [-0.2, -0.15) is 0 Å². The zero-order valence-electron chi connectivity index (χ0n) is 5.44. The van der Waals surface area contributed by atoms with Gasteiger partial charge in [-0.1, -0.05) is 0 Å². The topological polar surface area (TPSA) is 28.7 Å². The lowest BCUT2D eigenvalue weighted by atomic mass is 10.4. The third-order valence-electron chi connectivity index (χ3n) is 1.44. The molecule has 11 heavy (non-hydrogen) atoms. The normalized spacial score (nSPS) is 10.7. The van der Waals surface area contributed by atoms with E-state index in [4.69, 9.17) is 0 Å². The van der Waals surface area contributed by atoms with E-state index in [0.29, 0.717) is 0 Å². The minimum atomic E-state index is 1.00. The molecule has 2 heterocycles. The highest BCUT2D eigenvalue weighted by Crippen LogP contribution is 2.22. The van der Waals surface area contributed by atoms with Gasteiger partial charge >= 0.3 is 0 Å². The molecule has 0 aliphatic rings. The molecule has 2 rings (SSSR count). The Kier molecular flexibility index (Phi) is 1.88. The maximum atomic E-state index is 4.20. The van der Waals surface area contributed by atoms with Crippen LogP contribution in [0.5, 0.6) is 0 Å². The summed E-state index contributed by atoms with van der Waals surface area (Å²) < 4.78 is 2.17. The number of aromatic nitrogens is 2. The summed E-state index contributed by atoms with van der Waals surface area (Å²) in [6, 6.07) is 3.94. The van der Waals surface area contributed by atoms with Crippen molar-refractivity contribution in [3.05, 3.63) is 26.5 Å². The number of pyridine rings is 1. The molecule has 0 amide bonds. The van der Waals surface area contributed by atoms with Gasteiger partial charge in [0, 0.05) is 10.7 Å². The van der Waals surface area contributed by atoms with Crippen LogP contribution in [0.2, 0.25) is 0 Å². The summed E-state index contributed by atoms with van der Waals surface area (Å²) in [5.74, 6) is 0. The molecule has 0 unspecified atom stereocenters. The summed E-state index contributed by atoms with van der Waals surface area (Å²) in [6.07, 6.45) is 1.79. The van der Waals surface area contributed by atoms with Crippen LogP contribution in [-0.4, -0.2) is 9.97 Å². The summed E-state index contributed by atoms with van der Waals surface area (Å²) >= 11 is 5.67. The predicted octanol–water partition coefficient (Wildman–Crippen LogP) is 2.93. The summed E-state index contributed by atoms with van der Waals surface area (Å²) in [7, 11) is 0. The van der Waals surface area contributed by atoms with Gasteiger partial charge in [-0.3, -0.25) is 4.98 Å². The standard InChI is InChI=1S/C7H4BrIN2/c8-4-1-2-10-5-3-6(9)11-7(4)5/h1-3,11H. The van der Waals surface area contributed by atoms with Crippen LogP contribution in [0.25, 0.3) is 11.0 Å². The first-order valence-corrected chi connectivity index (χ1v) is 4.93. The Morgan fingerprint density at radius 1 is 1.55 bits per heavy atom. The zero-order valence-corrected chi connectivity index (χ0v) is 9.18. The fourth-order valence-electron chi connectivity index (χ4n) is 0.962. The third kappa shape index (κ3) is 1.29. The highest BCUT2D eigenvalue weighted by molar-refractivity contribution is 14.1. The highest BCUT2D eigenvalue weighted by atomic mass is 127. The van der Waals surface area contributed by atoms with Crippen LogP contribution in [0.1, 0.15) is 0 Å². The molecule has 0 spiro atoms. The molecular weight excluding hydrogens is 319 g/mol. The Bertz CT molecular complexity index is 396. The summed E-state index contributed by atoms with van der Waals surface area (Å²) in [4.78, 5) is 7.40. The van der Waals surface area contributed by atoms with E-state index in [0.717, 1.165) is 19.2 Å². The van der Waals surface area contributed by atoms with Crippen molar-refractivity contribution in [2.24, 2.45) is 0 Å². The van der Waals surface area contributed by atoms with Gasteiger partial charge < -0.3 is 4.98 Å². The van der Waals surface area contributed by atoms with Crippen molar-refractivity contribution in [1.82, 2.24) is 9.97 Å². The molecule has 0 saturated carbocycles. The summed E-state index contributed by atoms with van der Waals surface area (Å²) in [5.41, 5.74) is 2.07. The number of halogens is 2. The van der Waals surface area contributed by atoms with Crippen molar-refractivity contribution in [2.75, 3.05) is 0 Å². The molecule has 0 aromatic carbocycles. The van der Waals surface area contributed by atoms with Crippen LogP contribution in [0, 0.1) is 3.70 Å². The van der Waals surface area contributed by atoms with Crippen molar-refractivity contribution >= 4 is 49.6 Å². The molecule has 2 aromatic heterocycles. The smallest absolute Gasteiger partial charge is 0.0901 e. The monoisotopic (exact) mass is 322 g/mol. The van der Waals surface area contributed by atoms with Gasteiger partial charge in [-0.15, -0.1) is 0 Å². The van der Waals surface area contributed by atoms with Gasteiger partial charge in [-0.25, -0.2) is 0 Å². The van der Waals surface area contributed by atoms with Crippen LogP contribution in [0.3, 0.4) is 0 Å². The van der Waals surface area contributed by atoms with Crippen LogP contribution in [0.15, 0.2) is 22.8 Å². The molecule has 0 aliphatic heterocycles. The minimum Gasteiger partial charge on any atom is -0.348 e. The maximum Gasteiger partial charge on any atom is 0.0901 e. The average Bonchev–Trinajstić information content (AvgIpc) is 2.31. The van der Waals surface area contributed by atoms with E-state index < -0.39 is 0 Å². The fraction of sp³-hybridized carbons (Fsp3) is 0. The van der Waals surface area contributed by atoms with Gasteiger partial charge in [0.25, 0.3) is 0 Å². The van der Waals surface area contributed by atoms with E-state index in [1.54, 1.807) is 6.20 Å². The van der Waals surface area contributed by atoms with Crippen LogP contribution >= 0.6 is 38.5 Å². The van der Waals surface area contributed by atoms with Gasteiger partial charge in [0.1, 0.15) is 0 Å². The van der Waals surface area contributed by atoms with Crippen LogP contribution < -0.4 is 0 Å². The molecule has 2 nitrogen and oxygen atoms in total. The number of nitrogens with one attached hydrogen (secondary N) is 1. The molecular formula is C7H4BrIN2. The lowest BCUT2D eigenvalue weighted by Gasteiger charge is -1.89. The minimum absolute atomic E-state index is 1.00. The summed E-state index contributed by atoms with van der Waals surface area (Å²) in [5, 5.41) is 0. The SMILES string of the molecule is Brc1ccnc2cc(I)[nH]c12. The second-order valence-corrected chi connectivity index (χ2v) is 4.19. The zero-order chi connectivity index (χ0) is 7.84.